The third-order valence-electron chi connectivity index (χ3n) is 5.80. The summed E-state index contributed by atoms with van der Waals surface area (Å²) < 4.78 is 49.2. The number of aryl methyl sites for hydroxylation is 1. The van der Waals surface area contributed by atoms with Crippen LogP contribution >= 0.6 is 0 Å². The van der Waals surface area contributed by atoms with Gasteiger partial charge in [-0.05, 0) is 31.2 Å². The minimum Gasteiger partial charge on any atom is -0.497 e. The molecule has 1 aliphatic heterocycles. The van der Waals surface area contributed by atoms with Crippen LogP contribution in [-0.4, -0.2) is 61.2 Å². The fourth-order valence-electron chi connectivity index (χ4n) is 3.90. The lowest BCUT2D eigenvalue weighted by Gasteiger charge is -2.35. The molecule has 0 atom stereocenters. The van der Waals surface area contributed by atoms with Crippen molar-refractivity contribution in [3.05, 3.63) is 65.4 Å². The van der Waals surface area contributed by atoms with Gasteiger partial charge >= 0.3 is 6.18 Å². The highest BCUT2D eigenvalue weighted by molar-refractivity contribution is 5.95. The lowest BCUT2D eigenvalue weighted by Crippen LogP contribution is -2.49. The van der Waals surface area contributed by atoms with Gasteiger partial charge in [0.1, 0.15) is 17.3 Å². The highest BCUT2D eigenvalue weighted by atomic mass is 19.4. The average molecular weight is 486 g/mol. The van der Waals surface area contributed by atoms with Gasteiger partial charge in [0.15, 0.2) is 5.82 Å². The third kappa shape index (κ3) is 5.47. The zero-order valence-electron chi connectivity index (χ0n) is 19.6. The molecule has 1 aliphatic rings. The molecule has 0 N–H and O–H groups in total. The van der Waals surface area contributed by atoms with Crippen molar-refractivity contribution in [3.63, 3.8) is 0 Å². The number of hydrogen-bond donors (Lipinski definition) is 0. The van der Waals surface area contributed by atoms with Gasteiger partial charge in [0, 0.05) is 55.1 Å². The van der Waals surface area contributed by atoms with E-state index in [2.05, 4.69) is 9.97 Å². The minimum atomic E-state index is -4.40. The van der Waals surface area contributed by atoms with Gasteiger partial charge in [-0.25, -0.2) is 9.97 Å². The molecule has 0 saturated carbocycles. The molecule has 35 heavy (non-hydrogen) atoms. The summed E-state index contributed by atoms with van der Waals surface area (Å²) >= 11 is 0. The molecule has 4 rings (SSSR count). The summed E-state index contributed by atoms with van der Waals surface area (Å²) in [5.41, 5.74) is 0.969. The molecule has 0 bridgehead atoms. The topological polar surface area (TPSA) is 67.8 Å². The molecule has 2 aromatic carbocycles. The van der Waals surface area contributed by atoms with Crippen LogP contribution in [0.1, 0.15) is 21.6 Å². The molecule has 3 aromatic rings. The second-order valence-electron chi connectivity index (χ2n) is 8.15. The van der Waals surface area contributed by atoms with Crippen molar-refractivity contribution in [2.24, 2.45) is 0 Å². The first-order valence-corrected chi connectivity index (χ1v) is 11.0. The van der Waals surface area contributed by atoms with E-state index < -0.39 is 11.7 Å². The number of methoxy groups -OCH3 is 2. The lowest BCUT2D eigenvalue weighted by molar-refractivity contribution is -0.137. The normalized spacial score (nSPS) is 14.1. The number of piperazine rings is 1. The summed E-state index contributed by atoms with van der Waals surface area (Å²) in [6.45, 7) is 3.88. The number of halogens is 3. The number of carbonyl (C=O) groups is 1. The van der Waals surface area contributed by atoms with Gasteiger partial charge in [-0.2, -0.15) is 13.2 Å². The first-order valence-electron chi connectivity index (χ1n) is 11.0. The van der Waals surface area contributed by atoms with Gasteiger partial charge in [-0.3, -0.25) is 4.79 Å². The summed E-state index contributed by atoms with van der Waals surface area (Å²) in [5, 5.41) is 0. The van der Waals surface area contributed by atoms with E-state index in [1.54, 1.807) is 23.1 Å². The first kappa shape index (κ1) is 24.3. The lowest BCUT2D eigenvalue weighted by atomic mass is 10.1. The van der Waals surface area contributed by atoms with Crippen molar-refractivity contribution in [2.45, 2.75) is 13.1 Å². The Bertz CT molecular complexity index is 1190. The third-order valence-corrected chi connectivity index (χ3v) is 5.80. The van der Waals surface area contributed by atoms with Crippen LogP contribution < -0.4 is 14.4 Å². The Kier molecular flexibility index (Phi) is 6.81. The van der Waals surface area contributed by atoms with Crippen molar-refractivity contribution in [3.8, 4) is 22.9 Å². The molecule has 0 aliphatic carbocycles. The number of amides is 1. The second-order valence-corrected chi connectivity index (χ2v) is 8.15. The van der Waals surface area contributed by atoms with E-state index in [0.29, 0.717) is 66.1 Å². The molecule has 1 fully saturated rings. The second kappa shape index (κ2) is 9.81. The standard InChI is InChI=1S/C25H25F3N4O3/c1-16-12-22(30-23(29-16)17-4-6-19(7-5-17)25(26,27)28)31-8-10-32(11-9-31)24(33)18-13-20(34-2)15-21(14-18)35-3/h4-7,12-15H,8-11H2,1-3H3. The van der Waals surface area contributed by atoms with Crippen molar-refractivity contribution >= 4 is 11.7 Å². The number of aromatic nitrogens is 2. The smallest absolute Gasteiger partial charge is 0.416 e. The Hall–Kier alpha value is -3.82. The maximum absolute atomic E-state index is 13.1. The number of anilines is 1. The highest BCUT2D eigenvalue weighted by Gasteiger charge is 2.30. The molecule has 0 radical (unpaired) electrons. The summed E-state index contributed by atoms with van der Waals surface area (Å²) in [5.74, 6) is 1.99. The van der Waals surface area contributed by atoms with Gasteiger partial charge in [-0.1, -0.05) is 12.1 Å². The molecule has 184 valence electrons. The first-order chi connectivity index (χ1) is 16.7. The minimum absolute atomic E-state index is 0.119. The Morgan fingerprint density at radius 3 is 2.03 bits per heavy atom. The Balaban J connectivity index is 1.48. The van der Waals surface area contributed by atoms with Crippen LogP contribution in [0.5, 0.6) is 11.5 Å². The van der Waals surface area contributed by atoms with Crippen LogP contribution in [0, 0.1) is 6.92 Å². The van der Waals surface area contributed by atoms with Gasteiger partial charge in [0.25, 0.3) is 5.91 Å². The van der Waals surface area contributed by atoms with Crippen LogP contribution in [0.2, 0.25) is 0 Å². The summed E-state index contributed by atoms with van der Waals surface area (Å²) in [4.78, 5) is 25.8. The molecule has 1 aromatic heterocycles. The predicted octanol–water partition coefficient (Wildman–Crippen LogP) is 4.45. The highest BCUT2D eigenvalue weighted by Crippen LogP contribution is 2.31. The SMILES string of the molecule is COc1cc(OC)cc(C(=O)N2CCN(c3cc(C)nc(-c4ccc(C(F)(F)F)cc4)n3)CC2)c1. The molecule has 1 amide bonds. The van der Waals surface area contributed by atoms with Gasteiger partial charge < -0.3 is 19.3 Å². The van der Waals surface area contributed by atoms with Gasteiger partial charge in [-0.15, -0.1) is 0 Å². The molecule has 7 nitrogen and oxygen atoms in total. The van der Waals surface area contributed by atoms with E-state index in [9.17, 15) is 18.0 Å². The van der Waals surface area contributed by atoms with Gasteiger partial charge in [0.2, 0.25) is 0 Å². The summed E-state index contributed by atoms with van der Waals surface area (Å²) in [6, 6.07) is 11.7. The molecule has 1 saturated heterocycles. The van der Waals surface area contributed by atoms with Crippen LogP contribution in [0.4, 0.5) is 19.0 Å². The van der Waals surface area contributed by atoms with E-state index in [4.69, 9.17) is 9.47 Å². The maximum atomic E-state index is 13.1. The number of nitrogens with zero attached hydrogens (tertiary/aromatic N) is 4. The number of rotatable bonds is 5. The predicted molar refractivity (Wildman–Crippen MR) is 125 cm³/mol. The Morgan fingerprint density at radius 2 is 1.49 bits per heavy atom. The number of ether oxygens (including phenoxy) is 2. The number of benzene rings is 2. The van der Waals surface area contributed by atoms with Crippen molar-refractivity contribution in [1.29, 1.82) is 0 Å². The molecular formula is C25H25F3N4O3. The van der Waals surface area contributed by atoms with Crippen molar-refractivity contribution in [1.82, 2.24) is 14.9 Å². The summed E-state index contributed by atoms with van der Waals surface area (Å²) in [6.07, 6.45) is -4.40. The van der Waals surface area contributed by atoms with E-state index in [1.807, 2.05) is 17.9 Å². The number of carbonyl (C=O) groups excluding carboxylic acids is 1. The van der Waals surface area contributed by atoms with Crippen molar-refractivity contribution in [2.75, 3.05) is 45.3 Å². The number of alkyl halides is 3. The molecule has 10 heteroatoms. The maximum Gasteiger partial charge on any atom is 0.416 e. The Labute approximate surface area is 201 Å². The fourth-order valence-corrected chi connectivity index (χ4v) is 3.90. The van der Waals surface area contributed by atoms with Crippen LogP contribution in [0.15, 0.2) is 48.5 Å². The van der Waals surface area contributed by atoms with Crippen LogP contribution in [0.3, 0.4) is 0 Å². The van der Waals surface area contributed by atoms with Crippen molar-refractivity contribution < 1.29 is 27.4 Å². The monoisotopic (exact) mass is 486 g/mol. The average Bonchev–Trinajstić information content (AvgIpc) is 2.87. The molecule has 0 unspecified atom stereocenters. The van der Waals surface area contributed by atoms with E-state index in [0.717, 1.165) is 12.1 Å². The summed E-state index contributed by atoms with van der Waals surface area (Å²) in [7, 11) is 3.06. The van der Waals surface area contributed by atoms with Crippen LogP contribution in [-0.2, 0) is 6.18 Å². The molecule has 0 spiro atoms. The zero-order valence-corrected chi connectivity index (χ0v) is 19.6. The van der Waals surface area contributed by atoms with Crippen LogP contribution in [0.25, 0.3) is 11.4 Å². The number of hydrogen-bond acceptors (Lipinski definition) is 6. The zero-order chi connectivity index (χ0) is 25.2. The van der Waals surface area contributed by atoms with Gasteiger partial charge in [0.05, 0.1) is 19.8 Å². The quantitative estimate of drug-likeness (QED) is 0.531. The molecular weight excluding hydrogens is 461 g/mol. The van der Waals surface area contributed by atoms with E-state index >= 15 is 0 Å². The van der Waals surface area contributed by atoms with E-state index in [1.165, 1.54) is 26.4 Å². The molecule has 2 heterocycles. The van der Waals surface area contributed by atoms with E-state index in [-0.39, 0.29) is 5.91 Å². The largest absolute Gasteiger partial charge is 0.497 e. The fraction of sp³-hybridized carbons (Fsp3) is 0.320. The Morgan fingerprint density at radius 1 is 0.886 bits per heavy atom.